The van der Waals surface area contributed by atoms with Crippen LogP contribution in [0, 0.1) is 0 Å². The van der Waals surface area contributed by atoms with Crippen molar-refractivity contribution in [2.24, 2.45) is 0 Å². The van der Waals surface area contributed by atoms with Gasteiger partial charge in [-0.15, -0.1) is 0 Å². The number of amides is 3. The Morgan fingerprint density at radius 2 is 2.08 bits per heavy atom. The maximum atomic E-state index is 11.9. The molecule has 2 aromatic rings. The minimum absolute atomic E-state index is 0.191. The van der Waals surface area contributed by atoms with E-state index in [1.54, 1.807) is 30.5 Å². The quantitative estimate of drug-likeness (QED) is 0.759. The van der Waals surface area contributed by atoms with Crippen LogP contribution in [0.5, 0.6) is 5.75 Å². The third-order valence-electron chi connectivity index (χ3n) is 3.35. The summed E-state index contributed by atoms with van der Waals surface area (Å²) in [6.07, 6.45) is 1.56. The molecule has 128 valence electrons. The van der Waals surface area contributed by atoms with Gasteiger partial charge in [-0.05, 0) is 36.8 Å². The number of nitrogens with one attached hydrogen (secondary N) is 3. The number of furan rings is 1. The second kappa shape index (κ2) is 8.05. The van der Waals surface area contributed by atoms with Crippen LogP contribution >= 0.6 is 0 Å². The minimum atomic E-state index is -0.309. The van der Waals surface area contributed by atoms with Gasteiger partial charge in [-0.2, -0.15) is 0 Å². The van der Waals surface area contributed by atoms with Crippen molar-refractivity contribution in [2.75, 3.05) is 12.4 Å². The standard InChI is InChI=1S/C17H21N3O4/c1-11(15-5-4-8-24-15)19-17(22)18-10-13-6-7-16(23-3)14(9-13)20-12(2)21/h4-9,11H,10H2,1-3H3,(H,20,21)(H2,18,19,22). The van der Waals surface area contributed by atoms with Gasteiger partial charge in [0.15, 0.2) is 0 Å². The molecule has 3 amide bonds. The first-order valence-electron chi connectivity index (χ1n) is 7.52. The van der Waals surface area contributed by atoms with Crippen LogP contribution in [0.4, 0.5) is 10.5 Å². The molecule has 24 heavy (non-hydrogen) atoms. The molecule has 1 aromatic carbocycles. The fourth-order valence-corrected chi connectivity index (χ4v) is 2.19. The molecule has 7 nitrogen and oxygen atoms in total. The zero-order valence-corrected chi connectivity index (χ0v) is 13.9. The summed E-state index contributed by atoms with van der Waals surface area (Å²) in [7, 11) is 1.53. The van der Waals surface area contributed by atoms with Crippen molar-refractivity contribution in [3.63, 3.8) is 0 Å². The van der Waals surface area contributed by atoms with Crippen LogP contribution in [0.3, 0.4) is 0 Å². The van der Waals surface area contributed by atoms with Crippen LogP contribution in [0.25, 0.3) is 0 Å². The predicted molar refractivity (Wildman–Crippen MR) is 89.8 cm³/mol. The van der Waals surface area contributed by atoms with Crippen LogP contribution < -0.4 is 20.7 Å². The van der Waals surface area contributed by atoms with Crippen LogP contribution in [0.15, 0.2) is 41.0 Å². The Balaban J connectivity index is 1.93. The summed E-state index contributed by atoms with van der Waals surface area (Å²) >= 11 is 0. The maximum absolute atomic E-state index is 11.9. The summed E-state index contributed by atoms with van der Waals surface area (Å²) in [5, 5.41) is 8.25. The first kappa shape index (κ1) is 17.4. The van der Waals surface area contributed by atoms with E-state index in [9.17, 15) is 9.59 Å². The predicted octanol–water partition coefficient (Wildman–Crippen LogP) is 2.81. The lowest BCUT2D eigenvalue weighted by Gasteiger charge is -2.14. The Kier molecular flexibility index (Phi) is 5.83. The van der Waals surface area contributed by atoms with Gasteiger partial charge in [0.25, 0.3) is 0 Å². The van der Waals surface area contributed by atoms with Gasteiger partial charge < -0.3 is 25.1 Å². The lowest BCUT2D eigenvalue weighted by atomic mass is 10.2. The number of benzene rings is 1. The average molecular weight is 331 g/mol. The minimum Gasteiger partial charge on any atom is -0.495 e. The van der Waals surface area contributed by atoms with E-state index < -0.39 is 0 Å². The van der Waals surface area contributed by atoms with Crippen LogP contribution in [0.1, 0.15) is 31.2 Å². The Hall–Kier alpha value is -2.96. The molecule has 0 aliphatic heterocycles. The van der Waals surface area contributed by atoms with E-state index >= 15 is 0 Å². The molecule has 0 aliphatic rings. The molecule has 3 N–H and O–H groups in total. The van der Waals surface area contributed by atoms with Crippen molar-refractivity contribution in [3.8, 4) is 5.75 Å². The second-order valence-electron chi connectivity index (χ2n) is 5.28. The highest BCUT2D eigenvalue weighted by molar-refractivity contribution is 5.90. The fourth-order valence-electron chi connectivity index (χ4n) is 2.19. The number of urea groups is 1. The monoisotopic (exact) mass is 331 g/mol. The zero-order chi connectivity index (χ0) is 17.5. The second-order valence-corrected chi connectivity index (χ2v) is 5.28. The Morgan fingerprint density at radius 3 is 2.71 bits per heavy atom. The molecular formula is C17H21N3O4. The van der Waals surface area contributed by atoms with Crippen LogP contribution in [0.2, 0.25) is 0 Å². The van der Waals surface area contributed by atoms with Gasteiger partial charge in [0.05, 0.1) is 25.1 Å². The van der Waals surface area contributed by atoms with Crippen molar-refractivity contribution in [1.82, 2.24) is 10.6 Å². The number of ether oxygens (including phenoxy) is 1. The number of carbonyl (C=O) groups excluding carboxylic acids is 2. The summed E-state index contributed by atoms with van der Waals surface area (Å²) < 4.78 is 10.4. The molecule has 0 aliphatic carbocycles. The molecule has 1 aromatic heterocycles. The number of carbonyl (C=O) groups is 2. The molecule has 2 rings (SSSR count). The van der Waals surface area contributed by atoms with Gasteiger partial charge in [-0.25, -0.2) is 4.79 Å². The molecule has 0 spiro atoms. The number of methoxy groups -OCH3 is 1. The van der Waals surface area contributed by atoms with E-state index in [0.717, 1.165) is 5.56 Å². The van der Waals surface area contributed by atoms with Crippen LogP contribution in [-0.4, -0.2) is 19.0 Å². The SMILES string of the molecule is COc1ccc(CNC(=O)NC(C)c2ccco2)cc1NC(C)=O. The van der Waals surface area contributed by atoms with Crippen molar-refractivity contribution < 1.29 is 18.7 Å². The largest absolute Gasteiger partial charge is 0.495 e. The Morgan fingerprint density at radius 1 is 1.29 bits per heavy atom. The highest BCUT2D eigenvalue weighted by Gasteiger charge is 2.12. The Bertz CT molecular complexity index is 698. The van der Waals surface area contributed by atoms with Gasteiger partial charge in [-0.3, -0.25) is 4.79 Å². The van der Waals surface area contributed by atoms with E-state index in [0.29, 0.717) is 23.7 Å². The molecular weight excluding hydrogens is 310 g/mol. The van der Waals surface area contributed by atoms with Crippen molar-refractivity contribution in [3.05, 3.63) is 47.9 Å². The first-order valence-corrected chi connectivity index (χ1v) is 7.52. The highest BCUT2D eigenvalue weighted by Crippen LogP contribution is 2.25. The molecule has 0 bridgehead atoms. The van der Waals surface area contributed by atoms with Gasteiger partial charge in [0.2, 0.25) is 5.91 Å². The molecule has 1 heterocycles. The summed E-state index contributed by atoms with van der Waals surface area (Å²) in [4.78, 5) is 23.2. The third-order valence-corrected chi connectivity index (χ3v) is 3.35. The van der Waals surface area contributed by atoms with Gasteiger partial charge in [0, 0.05) is 13.5 Å². The number of hydrogen-bond acceptors (Lipinski definition) is 4. The number of hydrogen-bond donors (Lipinski definition) is 3. The lowest BCUT2D eigenvalue weighted by Crippen LogP contribution is -2.36. The first-order chi connectivity index (χ1) is 11.5. The summed E-state index contributed by atoms with van der Waals surface area (Å²) in [5.74, 6) is 1.05. The number of rotatable bonds is 6. The molecule has 0 fully saturated rings. The fraction of sp³-hybridized carbons (Fsp3) is 0.294. The molecule has 0 saturated heterocycles. The van der Waals surface area contributed by atoms with Crippen molar-refractivity contribution in [1.29, 1.82) is 0 Å². The molecule has 7 heteroatoms. The summed E-state index contributed by atoms with van der Waals surface area (Å²) in [5.41, 5.74) is 1.40. The van der Waals surface area contributed by atoms with Crippen molar-refractivity contribution in [2.45, 2.75) is 26.4 Å². The van der Waals surface area contributed by atoms with E-state index in [1.165, 1.54) is 14.0 Å². The van der Waals surface area contributed by atoms with Crippen LogP contribution in [-0.2, 0) is 11.3 Å². The van der Waals surface area contributed by atoms with E-state index in [2.05, 4.69) is 16.0 Å². The van der Waals surface area contributed by atoms with E-state index in [-0.39, 0.29) is 18.0 Å². The topological polar surface area (TPSA) is 92.6 Å². The Labute approximate surface area is 140 Å². The van der Waals surface area contributed by atoms with Crippen molar-refractivity contribution >= 4 is 17.6 Å². The maximum Gasteiger partial charge on any atom is 0.315 e. The zero-order valence-electron chi connectivity index (χ0n) is 13.9. The molecule has 1 atom stereocenters. The highest BCUT2D eigenvalue weighted by atomic mass is 16.5. The van der Waals surface area contributed by atoms with Gasteiger partial charge in [0.1, 0.15) is 11.5 Å². The lowest BCUT2D eigenvalue weighted by molar-refractivity contribution is -0.114. The number of anilines is 1. The third kappa shape index (κ3) is 4.77. The average Bonchev–Trinajstić information content (AvgIpc) is 3.07. The van der Waals surface area contributed by atoms with Gasteiger partial charge >= 0.3 is 6.03 Å². The van der Waals surface area contributed by atoms with Gasteiger partial charge in [-0.1, -0.05) is 6.07 Å². The normalized spacial score (nSPS) is 11.5. The molecule has 1 unspecified atom stereocenters. The van der Waals surface area contributed by atoms with E-state index in [1.807, 2.05) is 13.0 Å². The summed E-state index contributed by atoms with van der Waals surface area (Å²) in [6.45, 7) is 3.57. The molecule has 0 radical (unpaired) electrons. The molecule has 0 saturated carbocycles. The summed E-state index contributed by atoms with van der Waals surface area (Å²) in [6, 6.07) is 8.35. The smallest absolute Gasteiger partial charge is 0.315 e. The van der Waals surface area contributed by atoms with E-state index in [4.69, 9.17) is 9.15 Å².